The molecule has 4 nitrogen and oxygen atoms in total. The number of nitrogens with one attached hydrogen (secondary N) is 2. The molecule has 2 aromatic carbocycles. The number of carbonyl (C=O) groups excluding carboxylic acids is 1. The zero-order valence-electron chi connectivity index (χ0n) is 13.6. The third kappa shape index (κ3) is 3.92. The lowest BCUT2D eigenvalue weighted by Crippen LogP contribution is -2.51. The smallest absolute Gasteiger partial charge is 0.226 e. The van der Waals surface area contributed by atoms with Gasteiger partial charge in [0.25, 0.3) is 0 Å². The van der Waals surface area contributed by atoms with E-state index in [4.69, 9.17) is 4.74 Å². The lowest BCUT2D eigenvalue weighted by Gasteiger charge is -2.29. The van der Waals surface area contributed by atoms with Crippen LogP contribution in [0.4, 0.5) is 4.39 Å². The Bertz CT molecular complexity index is 682. The molecule has 5 heteroatoms. The van der Waals surface area contributed by atoms with Crippen molar-refractivity contribution in [1.29, 1.82) is 0 Å². The minimum Gasteiger partial charge on any atom is -0.497 e. The Balaban J connectivity index is 1.78. The Kier molecular flexibility index (Phi) is 5.11. The molecular weight excluding hydrogens is 307 g/mol. The summed E-state index contributed by atoms with van der Waals surface area (Å²) >= 11 is 0. The van der Waals surface area contributed by atoms with E-state index in [0.29, 0.717) is 6.42 Å². The number of hydrogen-bond donors (Lipinski definition) is 2. The zero-order valence-corrected chi connectivity index (χ0v) is 13.6. The zero-order chi connectivity index (χ0) is 16.9. The van der Waals surface area contributed by atoms with Gasteiger partial charge in [-0.25, -0.2) is 4.39 Å². The summed E-state index contributed by atoms with van der Waals surface area (Å²) in [6.07, 6.45) is 0.610. The molecule has 1 atom stereocenters. The van der Waals surface area contributed by atoms with Gasteiger partial charge in [0.2, 0.25) is 5.91 Å². The molecule has 1 heterocycles. The standard InChI is InChI=1S/C19H21FN2O2/c1-24-17-8-4-14(5-9-17)18(22-19(23)15-11-21-12-15)10-13-2-6-16(20)7-3-13/h2-9,15,18,21H,10-12H2,1H3,(H,22,23). The highest BCUT2D eigenvalue weighted by Gasteiger charge is 2.27. The van der Waals surface area contributed by atoms with Crippen molar-refractivity contribution in [3.05, 3.63) is 65.5 Å². The summed E-state index contributed by atoms with van der Waals surface area (Å²) in [5.41, 5.74) is 1.98. The molecule has 0 spiro atoms. The number of benzene rings is 2. The minimum atomic E-state index is -0.260. The first-order chi connectivity index (χ1) is 11.7. The van der Waals surface area contributed by atoms with Gasteiger partial charge in [-0.1, -0.05) is 24.3 Å². The molecule has 0 saturated carbocycles. The second kappa shape index (κ2) is 7.45. The summed E-state index contributed by atoms with van der Waals surface area (Å²) in [6, 6.07) is 13.9. The van der Waals surface area contributed by atoms with E-state index in [1.54, 1.807) is 19.2 Å². The van der Waals surface area contributed by atoms with Crippen molar-refractivity contribution in [3.63, 3.8) is 0 Å². The molecule has 24 heavy (non-hydrogen) atoms. The molecule has 126 valence electrons. The molecule has 0 radical (unpaired) electrons. The van der Waals surface area contributed by atoms with Crippen molar-refractivity contribution in [2.75, 3.05) is 20.2 Å². The van der Waals surface area contributed by atoms with Gasteiger partial charge < -0.3 is 15.4 Å². The van der Waals surface area contributed by atoms with Crippen LogP contribution in [0.2, 0.25) is 0 Å². The van der Waals surface area contributed by atoms with E-state index in [-0.39, 0.29) is 23.7 Å². The summed E-state index contributed by atoms with van der Waals surface area (Å²) in [5, 5.41) is 6.23. The van der Waals surface area contributed by atoms with Gasteiger partial charge in [0.1, 0.15) is 11.6 Å². The van der Waals surface area contributed by atoms with Gasteiger partial charge in [0.05, 0.1) is 19.1 Å². The maximum Gasteiger partial charge on any atom is 0.226 e. The van der Waals surface area contributed by atoms with Crippen LogP contribution in [0.25, 0.3) is 0 Å². The average Bonchev–Trinajstić information content (AvgIpc) is 2.55. The third-order valence-corrected chi connectivity index (χ3v) is 4.34. The molecular formula is C19H21FN2O2. The van der Waals surface area contributed by atoms with Gasteiger partial charge >= 0.3 is 0 Å². The van der Waals surface area contributed by atoms with E-state index in [0.717, 1.165) is 30.0 Å². The predicted octanol–water partition coefficient (Wildman–Crippen LogP) is 2.45. The molecule has 1 fully saturated rings. The normalized spacial score (nSPS) is 15.4. The lowest BCUT2D eigenvalue weighted by molar-refractivity contribution is -0.127. The molecule has 2 N–H and O–H groups in total. The molecule has 3 rings (SSSR count). The number of rotatable bonds is 6. The highest BCUT2D eigenvalue weighted by molar-refractivity contribution is 5.80. The molecule has 1 saturated heterocycles. The van der Waals surface area contributed by atoms with Gasteiger partial charge in [-0.05, 0) is 41.8 Å². The van der Waals surface area contributed by atoms with E-state index in [1.807, 2.05) is 24.3 Å². The topological polar surface area (TPSA) is 50.4 Å². The van der Waals surface area contributed by atoms with Gasteiger partial charge in [-0.15, -0.1) is 0 Å². The summed E-state index contributed by atoms with van der Waals surface area (Å²) in [6.45, 7) is 1.44. The Morgan fingerprint density at radius 2 is 1.88 bits per heavy atom. The molecule has 1 unspecified atom stereocenters. The van der Waals surface area contributed by atoms with Crippen LogP contribution in [-0.2, 0) is 11.2 Å². The number of amides is 1. The van der Waals surface area contributed by atoms with Crippen LogP contribution in [0.15, 0.2) is 48.5 Å². The quantitative estimate of drug-likeness (QED) is 0.856. The highest BCUT2D eigenvalue weighted by atomic mass is 19.1. The third-order valence-electron chi connectivity index (χ3n) is 4.34. The SMILES string of the molecule is COc1ccc(C(Cc2ccc(F)cc2)NC(=O)C2CNC2)cc1. The lowest BCUT2D eigenvalue weighted by atomic mass is 9.96. The molecule has 1 aliphatic rings. The number of carbonyl (C=O) groups is 1. The number of halogens is 1. The molecule has 1 amide bonds. The fraction of sp³-hybridized carbons (Fsp3) is 0.316. The maximum absolute atomic E-state index is 13.1. The van der Waals surface area contributed by atoms with E-state index < -0.39 is 0 Å². The van der Waals surface area contributed by atoms with E-state index in [2.05, 4.69) is 10.6 Å². The number of methoxy groups -OCH3 is 1. The Morgan fingerprint density at radius 3 is 2.42 bits per heavy atom. The molecule has 2 aromatic rings. The van der Waals surface area contributed by atoms with Crippen molar-refractivity contribution < 1.29 is 13.9 Å². The van der Waals surface area contributed by atoms with Crippen LogP contribution in [0.3, 0.4) is 0 Å². The molecule has 0 bridgehead atoms. The average molecular weight is 328 g/mol. The van der Waals surface area contributed by atoms with Crippen LogP contribution < -0.4 is 15.4 Å². The molecule has 1 aliphatic heterocycles. The van der Waals surface area contributed by atoms with Gasteiger partial charge in [-0.3, -0.25) is 4.79 Å². The van der Waals surface area contributed by atoms with Crippen LogP contribution in [0, 0.1) is 11.7 Å². The fourth-order valence-electron chi connectivity index (χ4n) is 2.71. The van der Waals surface area contributed by atoms with Gasteiger partial charge in [0, 0.05) is 13.1 Å². The summed E-state index contributed by atoms with van der Waals surface area (Å²) in [7, 11) is 1.62. The first-order valence-electron chi connectivity index (χ1n) is 8.05. The minimum absolute atomic E-state index is 0.0268. The predicted molar refractivity (Wildman–Crippen MR) is 90.3 cm³/mol. The molecule has 0 aliphatic carbocycles. The maximum atomic E-state index is 13.1. The number of hydrogen-bond acceptors (Lipinski definition) is 3. The fourth-order valence-corrected chi connectivity index (χ4v) is 2.71. The van der Waals surface area contributed by atoms with Crippen LogP contribution >= 0.6 is 0 Å². The van der Waals surface area contributed by atoms with Crippen molar-refractivity contribution >= 4 is 5.91 Å². The highest BCUT2D eigenvalue weighted by Crippen LogP contribution is 2.22. The second-order valence-corrected chi connectivity index (χ2v) is 6.02. The Labute approximate surface area is 141 Å². The van der Waals surface area contributed by atoms with Crippen molar-refractivity contribution in [1.82, 2.24) is 10.6 Å². The van der Waals surface area contributed by atoms with Crippen LogP contribution in [0.1, 0.15) is 17.2 Å². The Hall–Kier alpha value is -2.40. The second-order valence-electron chi connectivity index (χ2n) is 6.02. The first-order valence-corrected chi connectivity index (χ1v) is 8.05. The summed E-state index contributed by atoms with van der Waals surface area (Å²) < 4.78 is 18.3. The largest absolute Gasteiger partial charge is 0.497 e. The van der Waals surface area contributed by atoms with E-state index in [9.17, 15) is 9.18 Å². The van der Waals surface area contributed by atoms with Crippen molar-refractivity contribution in [2.24, 2.45) is 5.92 Å². The summed E-state index contributed by atoms with van der Waals surface area (Å²) in [4.78, 5) is 12.3. The molecule has 0 aromatic heterocycles. The van der Waals surface area contributed by atoms with Crippen LogP contribution in [-0.4, -0.2) is 26.1 Å². The van der Waals surface area contributed by atoms with Crippen molar-refractivity contribution in [3.8, 4) is 5.75 Å². The van der Waals surface area contributed by atoms with Crippen molar-refractivity contribution in [2.45, 2.75) is 12.5 Å². The van der Waals surface area contributed by atoms with Gasteiger partial charge in [0.15, 0.2) is 0 Å². The Morgan fingerprint density at radius 1 is 1.21 bits per heavy atom. The van der Waals surface area contributed by atoms with Gasteiger partial charge in [-0.2, -0.15) is 0 Å². The van der Waals surface area contributed by atoms with E-state index in [1.165, 1.54) is 12.1 Å². The monoisotopic (exact) mass is 328 g/mol. The van der Waals surface area contributed by atoms with Crippen LogP contribution in [0.5, 0.6) is 5.75 Å². The number of ether oxygens (including phenoxy) is 1. The van der Waals surface area contributed by atoms with E-state index >= 15 is 0 Å². The first kappa shape index (κ1) is 16.5. The summed E-state index contributed by atoms with van der Waals surface area (Å²) in [5.74, 6) is 0.591.